The molecule has 0 spiro atoms. The predicted molar refractivity (Wildman–Crippen MR) is 73.3 cm³/mol. The number of pyridine rings is 1. The maximum Gasteiger partial charge on any atom is 0.219 e. The Morgan fingerprint density at radius 1 is 1.26 bits per heavy atom. The minimum atomic E-state index is -3.40. The highest BCUT2D eigenvalue weighted by Gasteiger charge is 2.17. The van der Waals surface area contributed by atoms with Crippen LogP contribution in [0, 0.1) is 6.92 Å². The Kier molecular flexibility index (Phi) is 3.78. The predicted octanol–water partition coefficient (Wildman–Crippen LogP) is 3.11. The average molecular weight is 297 g/mol. The van der Waals surface area contributed by atoms with Crippen molar-refractivity contribution in [3.63, 3.8) is 0 Å². The van der Waals surface area contributed by atoms with Crippen molar-refractivity contribution in [2.24, 2.45) is 0 Å². The summed E-state index contributed by atoms with van der Waals surface area (Å²) >= 11 is 5.72. The van der Waals surface area contributed by atoms with Crippen molar-refractivity contribution in [2.75, 3.05) is 6.26 Å². The van der Waals surface area contributed by atoms with Gasteiger partial charge >= 0.3 is 0 Å². The summed E-state index contributed by atoms with van der Waals surface area (Å²) in [5.41, 5.74) is 0.472. The second-order valence-corrected chi connectivity index (χ2v) is 6.35. The molecule has 0 aliphatic heterocycles. The summed E-state index contributed by atoms with van der Waals surface area (Å²) in [6.45, 7) is 3.77. The number of para-hydroxylation sites is 1. The first kappa shape index (κ1) is 13.8. The van der Waals surface area contributed by atoms with Gasteiger partial charge in [0.15, 0.2) is 15.6 Å². The Morgan fingerprint density at radius 2 is 2.00 bits per heavy atom. The van der Waals surface area contributed by atoms with E-state index < -0.39 is 9.84 Å². The van der Waals surface area contributed by atoms with Gasteiger partial charge in [-0.05, 0) is 24.6 Å². The van der Waals surface area contributed by atoms with Gasteiger partial charge in [-0.15, -0.1) is 0 Å². The van der Waals surface area contributed by atoms with E-state index in [1.807, 2.05) is 0 Å². The quantitative estimate of drug-likeness (QED) is 0.873. The second-order valence-electron chi connectivity index (χ2n) is 3.93. The first-order valence-corrected chi connectivity index (χ1v) is 7.59. The van der Waals surface area contributed by atoms with Gasteiger partial charge in [0, 0.05) is 18.5 Å². The largest absolute Gasteiger partial charge is 0.437 e. The Bertz CT molecular complexity index is 696. The number of rotatable bonds is 3. The van der Waals surface area contributed by atoms with Crippen LogP contribution < -0.4 is 4.74 Å². The van der Waals surface area contributed by atoms with E-state index in [-0.39, 0.29) is 16.5 Å². The molecule has 19 heavy (non-hydrogen) atoms. The molecule has 0 bridgehead atoms. The Morgan fingerprint density at radius 3 is 2.58 bits per heavy atom. The van der Waals surface area contributed by atoms with Crippen LogP contribution in [0.3, 0.4) is 0 Å². The zero-order valence-corrected chi connectivity index (χ0v) is 11.7. The molecule has 1 heterocycles. The van der Waals surface area contributed by atoms with Gasteiger partial charge in [-0.2, -0.15) is 0 Å². The lowest BCUT2D eigenvalue weighted by atomic mass is 10.2. The van der Waals surface area contributed by atoms with Crippen LogP contribution in [0.25, 0.3) is 0 Å². The topological polar surface area (TPSA) is 56.3 Å². The van der Waals surface area contributed by atoms with Gasteiger partial charge < -0.3 is 4.74 Å². The van der Waals surface area contributed by atoms with Crippen molar-refractivity contribution in [2.45, 2.75) is 4.90 Å². The highest BCUT2D eigenvalue weighted by atomic mass is 35.5. The van der Waals surface area contributed by atoms with Gasteiger partial charge in [0.2, 0.25) is 5.88 Å². The molecular formula is C13H11ClNO3S. The lowest BCUT2D eigenvalue weighted by Gasteiger charge is -2.11. The van der Waals surface area contributed by atoms with Crippen molar-refractivity contribution in [1.29, 1.82) is 0 Å². The van der Waals surface area contributed by atoms with E-state index in [0.717, 1.165) is 6.26 Å². The third-order valence-electron chi connectivity index (χ3n) is 2.37. The normalized spacial score (nSPS) is 11.3. The van der Waals surface area contributed by atoms with E-state index in [1.54, 1.807) is 24.3 Å². The number of halogens is 1. The van der Waals surface area contributed by atoms with Crippen molar-refractivity contribution in [3.8, 4) is 11.6 Å². The molecule has 1 radical (unpaired) electrons. The molecule has 0 aliphatic rings. The third kappa shape index (κ3) is 3.24. The van der Waals surface area contributed by atoms with Gasteiger partial charge in [-0.1, -0.05) is 23.7 Å². The maximum atomic E-state index is 11.7. The van der Waals surface area contributed by atoms with Crippen molar-refractivity contribution in [3.05, 3.63) is 54.0 Å². The highest BCUT2D eigenvalue weighted by molar-refractivity contribution is 7.90. The zero-order valence-electron chi connectivity index (χ0n) is 10.1. The molecule has 1 aromatic heterocycles. The molecule has 0 N–H and O–H groups in total. The molecule has 0 unspecified atom stereocenters. The summed E-state index contributed by atoms with van der Waals surface area (Å²) in [5, 5.41) is 0.471. The maximum absolute atomic E-state index is 11.7. The number of hydrogen-bond acceptors (Lipinski definition) is 4. The van der Waals surface area contributed by atoms with Crippen LogP contribution in [-0.2, 0) is 9.84 Å². The van der Waals surface area contributed by atoms with Crippen LogP contribution in [-0.4, -0.2) is 19.7 Å². The first-order chi connectivity index (χ1) is 8.88. The summed E-state index contributed by atoms with van der Waals surface area (Å²) < 4.78 is 28.9. The first-order valence-electron chi connectivity index (χ1n) is 5.32. The number of sulfone groups is 1. The van der Waals surface area contributed by atoms with Crippen molar-refractivity contribution < 1.29 is 13.2 Å². The van der Waals surface area contributed by atoms with Crippen molar-refractivity contribution in [1.82, 2.24) is 4.98 Å². The summed E-state index contributed by atoms with van der Waals surface area (Å²) in [5.74, 6) is 0.435. The molecule has 99 valence electrons. The third-order valence-corrected chi connectivity index (χ3v) is 3.71. The van der Waals surface area contributed by atoms with Crippen LogP contribution in [0.4, 0.5) is 0 Å². The number of benzene rings is 1. The smallest absolute Gasteiger partial charge is 0.219 e. The molecule has 2 rings (SSSR count). The van der Waals surface area contributed by atoms with Gasteiger partial charge in [-0.3, -0.25) is 0 Å². The minimum Gasteiger partial charge on any atom is -0.437 e. The lowest BCUT2D eigenvalue weighted by molar-refractivity contribution is 0.447. The number of aromatic nitrogens is 1. The monoisotopic (exact) mass is 296 g/mol. The Hall–Kier alpha value is -1.59. The van der Waals surface area contributed by atoms with Crippen LogP contribution in [0.5, 0.6) is 11.6 Å². The van der Waals surface area contributed by atoms with E-state index >= 15 is 0 Å². The highest BCUT2D eigenvalue weighted by Crippen LogP contribution is 2.31. The molecule has 0 saturated heterocycles. The fourth-order valence-corrected chi connectivity index (χ4v) is 2.44. The molecule has 0 atom stereocenters. The van der Waals surface area contributed by atoms with Crippen LogP contribution >= 0.6 is 11.6 Å². The van der Waals surface area contributed by atoms with E-state index in [4.69, 9.17) is 16.3 Å². The molecular weight excluding hydrogens is 286 g/mol. The Balaban J connectivity index is 2.48. The zero-order chi connectivity index (χ0) is 14.0. The SMILES string of the molecule is [CH2]c1cccc(S(C)(=O)=O)c1Oc1ccc(Cl)cn1. The van der Waals surface area contributed by atoms with Crippen LogP contribution in [0.1, 0.15) is 5.56 Å². The van der Waals surface area contributed by atoms with Crippen LogP contribution in [0.2, 0.25) is 5.02 Å². The number of ether oxygens (including phenoxy) is 1. The van der Waals surface area contributed by atoms with Gasteiger partial charge in [0.05, 0.1) is 5.02 Å². The molecule has 0 saturated carbocycles. The van der Waals surface area contributed by atoms with E-state index in [1.165, 1.54) is 12.3 Å². The minimum absolute atomic E-state index is 0.0803. The molecule has 1 aromatic carbocycles. The molecule has 2 aromatic rings. The lowest BCUT2D eigenvalue weighted by Crippen LogP contribution is -2.02. The van der Waals surface area contributed by atoms with Crippen LogP contribution in [0.15, 0.2) is 41.4 Å². The van der Waals surface area contributed by atoms with E-state index in [2.05, 4.69) is 11.9 Å². The summed E-state index contributed by atoms with van der Waals surface area (Å²) in [7, 11) is -3.40. The second kappa shape index (κ2) is 5.19. The van der Waals surface area contributed by atoms with Gasteiger partial charge in [0.25, 0.3) is 0 Å². The fraction of sp³-hybridized carbons (Fsp3) is 0.0769. The molecule has 4 nitrogen and oxygen atoms in total. The summed E-state index contributed by atoms with van der Waals surface area (Å²) in [6, 6.07) is 7.91. The fourth-order valence-electron chi connectivity index (χ4n) is 1.50. The van der Waals surface area contributed by atoms with Gasteiger partial charge in [0.1, 0.15) is 4.90 Å². The van der Waals surface area contributed by atoms with E-state index in [9.17, 15) is 8.42 Å². The van der Waals surface area contributed by atoms with E-state index in [0.29, 0.717) is 10.6 Å². The average Bonchev–Trinajstić information content (AvgIpc) is 2.33. The van der Waals surface area contributed by atoms with Gasteiger partial charge in [-0.25, -0.2) is 13.4 Å². The number of hydrogen-bond donors (Lipinski definition) is 0. The molecule has 6 heteroatoms. The summed E-state index contributed by atoms with van der Waals surface area (Å²) in [6.07, 6.45) is 2.53. The standard InChI is InChI=1S/C13H11ClNO3S/c1-9-4-3-5-11(19(2,16)17)13(9)18-12-7-6-10(14)8-15-12/h3-8H,1H2,2H3. The molecule has 0 aliphatic carbocycles. The summed E-state index contributed by atoms with van der Waals surface area (Å²) in [4.78, 5) is 4.04. The number of nitrogens with zero attached hydrogens (tertiary/aromatic N) is 1. The Labute approximate surface area is 116 Å². The molecule has 0 fully saturated rings. The molecule has 0 amide bonds. The van der Waals surface area contributed by atoms with Crippen molar-refractivity contribution >= 4 is 21.4 Å².